The highest BCUT2D eigenvalue weighted by molar-refractivity contribution is 5.93. The van der Waals surface area contributed by atoms with Crippen molar-refractivity contribution in [3.63, 3.8) is 0 Å². The van der Waals surface area contributed by atoms with Crippen LogP contribution in [0.3, 0.4) is 0 Å². The zero-order chi connectivity index (χ0) is 20.3. The summed E-state index contributed by atoms with van der Waals surface area (Å²) < 4.78 is 5.44. The number of hydrogen-bond acceptors (Lipinski definition) is 4. The lowest BCUT2D eigenvalue weighted by molar-refractivity contribution is -0.135. The summed E-state index contributed by atoms with van der Waals surface area (Å²) in [5.41, 5.74) is -2.33. The van der Waals surface area contributed by atoms with E-state index in [4.69, 9.17) is 4.74 Å². The molecule has 7 heteroatoms. The van der Waals surface area contributed by atoms with Gasteiger partial charge in [0, 0.05) is 24.9 Å². The summed E-state index contributed by atoms with van der Waals surface area (Å²) in [7, 11) is 0. The Morgan fingerprint density at radius 2 is 1.81 bits per heavy atom. The first-order valence-electron chi connectivity index (χ1n) is 8.90. The Kier molecular flexibility index (Phi) is 6.49. The molecule has 3 amide bonds. The molecule has 1 saturated heterocycles. The molecule has 2 unspecified atom stereocenters. The fourth-order valence-electron chi connectivity index (χ4n) is 3.08. The van der Waals surface area contributed by atoms with Gasteiger partial charge >= 0.3 is 6.09 Å². The summed E-state index contributed by atoms with van der Waals surface area (Å²) >= 11 is 0. The number of amides is 3. The number of rotatable bonds is 4. The Hall–Kier alpha value is -2.05. The van der Waals surface area contributed by atoms with Gasteiger partial charge in [0.05, 0.1) is 6.54 Å². The van der Waals surface area contributed by atoms with Gasteiger partial charge in [0.25, 0.3) is 0 Å². The first-order valence-corrected chi connectivity index (χ1v) is 8.90. The zero-order valence-corrected chi connectivity index (χ0v) is 17.1. The van der Waals surface area contributed by atoms with E-state index in [0.717, 1.165) is 0 Å². The summed E-state index contributed by atoms with van der Waals surface area (Å²) in [6.07, 6.45) is 1.68. The lowest BCUT2D eigenvalue weighted by Gasteiger charge is -2.36. The number of ether oxygens (including phenoxy) is 1. The van der Waals surface area contributed by atoms with Crippen LogP contribution in [0.25, 0.3) is 0 Å². The van der Waals surface area contributed by atoms with Crippen LogP contribution in [0.2, 0.25) is 0 Å². The van der Waals surface area contributed by atoms with Crippen molar-refractivity contribution in [2.75, 3.05) is 13.1 Å². The van der Waals surface area contributed by atoms with E-state index in [0.29, 0.717) is 13.0 Å². The molecule has 0 bridgehead atoms. The summed E-state index contributed by atoms with van der Waals surface area (Å²) in [5.74, 6) is -0.925. The molecule has 0 aliphatic carbocycles. The lowest BCUT2D eigenvalue weighted by atomic mass is 9.83. The maximum absolute atomic E-state index is 13.1. The molecule has 0 aromatic heterocycles. The predicted molar refractivity (Wildman–Crippen MR) is 101 cm³/mol. The topological polar surface area (TPSA) is 87.7 Å². The van der Waals surface area contributed by atoms with Crippen molar-refractivity contribution in [2.45, 2.75) is 71.6 Å². The average molecular weight is 367 g/mol. The molecule has 2 atom stereocenters. The zero-order valence-electron chi connectivity index (χ0n) is 17.1. The first-order chi connectivity index (χ1) is 11.7. The van der Waals surface area contributed by atoms with Crippen LogP contribution in [0.1, 0.15) is 54.9 Å². The van der Waals surface area contributed by atoms with Crippen molar-refractivity contribution in [3.05, 3.63) is 12.7 Å². The number of allylic oxidation sites excluding steroid dienone is 1. The van der Waals surface area contributed by atoms with Gasteiger partial charge in [0.2, 0.25) is 11.8 Å². The molecule has 2 N–H and O–H groups in total. The molecule has 7 nitrogen and oxygen atoms in total. The van der Waals surface area contributed by atoms with E-state index in [1.54, 1.807) is 26.8 Å². The van der Waals surface area contributed by atoms with E-state index in [1.165, 1.54) is 11.8 Å². The van der Waals surface area contributed by atoms with Gasteiger partial charge in [-0.15, -0.1) is 6.58 Å². The van der Waals surface area contributed by atoms with Gasteiger partial charge in [-0.1, -0.05) is 6.08 Å². The van der Waals surface area contributed by atoms with Crippen molar-refractivity contribution in [3.8, 4) is 0 Å². The Balaban J connectivity index is 3.22. The highest BCUT2D eigenvalue weighted by Gasteiger charge is 2.54. The van der Waals surface area contributed by atoms with E-state index in [9.17, 15) is 14.4 Å². The van der Waals surface area contributed by atoms with Crippen molar-refractivity contribution < 1.29 is 19.1 Å². The minimum absolute atomic E-state index is 0.0575. The van der Waals surface area contributed by atoms with Gasteiger partial charge in [0.15, 0.2) is 0 Å². The van der Waals surface area contributed by atoms with Crippen LogP contribution in [-0.4, -0.2) is 52.6 Å². The third kappa shape index (κ3) is 5.75. The summed E-state index contributed by atoms with van der Waals surface area (Å²) in [4.78, 5) is 39.0. The second kappa shape index (κ2) is 7.68. The quantitative estimate of drug-likeness (QED) is 0.746. The first kappa shape index (κ1) is 22.0. The monoisotopic (exact) mass is 367 g/mol. The average Bonchev–Trinajstić information content (AvgIpc) is 2.75. The fourth-order valence-corrected chi connectivity index (χ4v) is 3.08. The molecular weight excluding hydrogens is 334 g/mol. The SMILES string of the molecule is C=CCC1CN(C(=O)OC(C)(C)C)CC1(NC(C)=O)C(=O)NC(C)(C)C. The Morgan fingerprint density at radius 3 is 2.23 bits per heavy atom. The minimum atomic E-state index is -1.22. The summed E-state index contributed by atoms with van der Waals surface area (Å²) in [6.45, 7) is 16.5. The van der Waals surface area contributed by atoms with Gasteiger partial charge in [-0.05, 0) is 48.0 Å². The molecule has 1 fully saturated rings. The molecule has 0 radical (unpaired) electrons. The number of nitrogens with one attached hydrogen (secondary N) is 2. The fraction of sp³-hybridized carbons (Fsp3) is 0.737. The molecule has 0 aromatic carbocycles. The highest BCUT2D eigenvalue weighted by Crippen LogP contribution is 2.33. The van der Waals surface area contributed by atoms with Crippen LogP contribution in [-0.2, 0) is 14.3 Å². The van der Waals surface area contributed by atoms with E-state index in [-0.39, 0.29) is 24.3 Å². The molecular formula is C19H33N3O4. The van der Waals surface area contributed by atoms with Crippen molar-refractivity contribution >= 4 is 17.9 Å². The number of likely N-dealkylation sites (tertiary alicyclic amines) is 1. The van der Waals surface area contributed by atoms with Crippen LogP contribution >= 0.6 is 0 Å². The van der Waals surface area contributed by atoms with E-state index in [2.05, 4.69) is 17.2 Å². The number of carbonyl (C=O) groups excluding carboxylic acids is 3. The molecule has 1 aliphatic rings. The standard InChI is InChI=1S/C19H33N3O4/c1-9-10-14-11-22(16(25)26-18(6,7)8)12-19(14,20-13(2)23)15(24)21-17(3,4)5/h9,14H,1,10-12H2,2-8H3,(H,20,23)(H,21,24). The van der Waals surface area contributed by atoms with E-state index in [1.807, 2.05) is 20.8 Å². The summed E-state index contributed by atoms with van der Waals surface area (Å²) in [6, 6.07) is 0. The second-order valence-corrected chi connectivity index (χ2v) is 8.94. The van der Waals surface area contributed by atoms with Crippen LogP contribution in [0.5, 0.6) is 0 Å². The maximum atomic E-state index is 13.1. The third-order valence-corrected chi connectivity index (χ3v) is 3.97. The number of hydrogen-bond donors (Lipinski definition) is 2. The van der Waals surface area contributed by atoms with Crippen molar-refractivity contribution in [2.24, 2.45) is 5.92 Å². The van der Waals surface area contributed by atoms with Gasteiger partial charge in [-0.25, -0.2) is 4.79 Å². The molecule has 26 heavy (non-hydrogen) atoms. The normalized spacial score (nSPS) is 23.3. The maximum Gasteiger partial charge on any atom is 0.410 e. The van der Waals surface area contributed by atoms with Crippen LogP contribution in [0.4, 0.5) is 4.79 Å². The molecule has 0 aromatic rings. The highest BCUT2D eigenvalue weighted by atomic mass is 16.6. The smallest absolute Gasteiger partial charge is 0.410 e. The molecule has 1 aliphatic heterocycles. The second-order valence-electron chi connectivity index (χ2n) is 8.94. The number of nitrogens with zero attached hydrogens (tertiary/aromatic N) is 1. The minimum Gasteiger partial charge on any atom is -0.444 e. The molecule has 1 heterocycles. The molecule has 148 valence electrons. The van der Waals surface area contributed by atoms with Gasteiger partial charge in [-0.3, -0.25) is 9.59 Å². The van der Waals surface area contributed by atoms with Gasteiger partial charge in [-0.2, -0.15) is 0 Å². The van der Waals surface area contributed by atoms with E-state index < -0.39 is 22.8 Å². The van der Waals surface area contributed by atoms with Crippen molar-refractivity contribution in [1.82, 2.24) is 15.5 Å². The van der Waals surface area contributed by atoms with Crippen LogP contribution in [0.15, 0.2) is 12.7 Å². The van der Waals surface area contributed by atoms with Crippen molar-refractivity contribution in [1.29, 1.82) is 0 Å². The molecule has 0 saturated carbocycles. The van der Waals surface area contributed by atoms with Gasteiger partial charge in [0.1, 0.15) is 11.1 Å². The Labute approximate surface area is 156 Å². The van der Waals surface area contributed by atoms with Crippen LogP contribution < -0.4 is 10.6 Å². The summed E-state index contributed by atoms with van der Waals surface area (Å²) in [5, 5.41) is 5.75. The Bertz CT molecular complexity index is 574. The largest absolute Gasteiger partial charge is 0.444 e. The lowest BCUT2D eigenvalue weighted by Crippen LogP contribution is -2.65. The third-order valence-electron chi connectivity index (χ3n) is 3.97. The van der Waals surface area contributed by atoms with Crippen LogP contribution in [0, 0.1) is 5.92 Å². The number of carbonyl (C=O) groups is 3. The van der Waals surface area contributed by atoms with E-state index >= 15 is 0 Å². The molecule has 1 rings (SSSR count). The Morgan fingerprint density at radius 1 is 1.23 bits per heavy atom. The van der Waals surface area contributed by atoms with Gasteiger partial charge < -0.3 is 20.3 Å². The molecule has 0 spiro atoms. The predicted octanol–water partition coefficient (Wildman–Crippen LogP) is 2.22.